The third-order valence-electron chi connectivity index (χ3n) is 4.33. The zero-order valence-electron chi connectivity index (χ0n) is 13.3. The Balaban J connectivity index is 1.54. The number of likely N-dealkylation sites (tertiary alicyclic amines) is 1. The van der Waals surface area contributed by atoms with Crippen molar-refractivity contribution in [2.75, 3.05) is 18.4 Å². The van der Waals surface area contributed by atoms with Gasteiger partial charge in [0.1, 0.15) is 5.75 Å². The number of nitrogens with one attached hydrogen (secondary N) is 1. The molecule has 0 bridgehead atoms. The highest BCUT2D eigenvalue weighted by molar-refractivity contribution is 5.98. The molecule has 0 unspecified atom stereocenters. The minimum Gasteiger partial charge on any atom is -0.508 e. The summed E-state index contributed by atoms with van der Waals surface area (Å²) in [6.07, 6.45) is 1.31. The standard InChI is InChI=1S/C19H20N2O3/c22-17-8-6-14(7-9-17)18(23)15-10-12-21(13-11-15)19(24)20-16-4-2-1-3-5-16/h1-9,15,22H,10-13H2,(H,20,24). The minimum atomic E-state index is -0.128. The van der Waals surface area contributed by atoms with Crippen molar-refractivity contribution in [2.45, 2.75) is 12.8 Å². The van der Waals surface area contributed by atoms with Crippen molar-refractivity contribution in [2.24, 2.45) is 5.92 Å². The number of benzene rings is 2. The third kappa shape index (κ3) is 3.74. The van der Waals surface area contributed by atoms with E-state index in [4.69, 9.17) is 0 Å². The van der Waals surface area contributed by atoms with E-state index in [1.165, 1.54) is 12.1 Å². The van der Waals surface area contributed by atoms with Gasteiger partial charge in [-0.25, -0.2) is 4.79 Å². The van der Waals surface area contributed by atoms with E-state index in [1.54, 1.807) is 17.0 Å². The number of nitrogens with zero attached hydrogens (tertiary/aromatic N) is 1. The van der Waals surface area contributed by atoms with E-state index in [1.807, 2.05) is 30.3 Å². The number of hydrogen-bond donors (Lipinski definition) is 2. The molecular weight excluding hydrogens is 304 g/mol. The monoisotopic (exact) mass is 324 g/mol. The summed E-state index contributed by atoms with van der Waals surface area (Å²) in [7, 11) is 0. The lowest BCUT2D eigenvalue weighted by Crippen LogP contribution is -2.42. The number of phenols is 1. The second-order valence-electron chi connectivity index (χ2n) is 5.97. The molecule has 1 aliphatic rings. The van der Waals surface area contributed by atoms with Crippen LogP contribution in [-0.4, -0.2) is 34.9 Å². The second-order valence-corrected chi connectivity index (χ2v) is 5.97. The number of phenolic OH excluding ortho intramolecular Hbond substituents is 1. The maximum absolute atomic E-state index is 12.5. The molecule has 24 heavy (non-hydrogen) atoms. The van der Waals surface area contributed by atoms with Gasteiger partial charge < -0.3 is 15.3 Å². The van der Waals surface area contributed by atoms with Crippen molar-refractivity contribution in [1.29, 1.82) is 0 Å². The Bertz CT molecular complexity index is 705. The number of aromatic hydroxyl groups is 1. The lowest BCUT2D eigenvalue weighted by atomic mass is 9.89. The Morgan fingerprint density at radius 2 is 1.58 bits per heavy atom. The van der Waals surface area contributed by atoms with Gasteiger partial charge in [-0.3, -0.25) is 4.79 Å². The van der Waals surface area contributed by atoms with E-state index in [0.29, 0.717) is 31.5 Å². The highest BCUT2D eigenvalue weighted by Gasteiger charge is 2.27. The Hall–Kier alpha value is -2.82. The molecule has 5 heteroatoms. The molecule has 2 N–H and O–H groups in total. The Labute approximate surface area is 140 Å². The fraction of sp³-hybridized carbons (Fsp3) is 0.263. The van der Waals surface area contributed by atoms with Crippen LogP contribution in [0.15, 0.2) is 54.6 Å². The van der Waals surface area contributed by atoms with Crippen molar-refractivity contribution in [3.63, 3.8) is 0 Å². The smallest absolute Gasteiger partial charge is 0.321 e. The van der Waals surface area contributed by atoms with Crippen molar-refractivity contribution in [3.05, 3.63) is 60.2 Å². The number of piperidine rings is 1. The van der Waals surface area contributed by atoms with Crippen LogP contribution in [0, 0.1) is 5.92 Å². The second kappa shape index (κ2) is 7.17. The first kappa shape index (κ1) is 16.1. The molecule has 3 rings (SSSR count). The molecule has 2 aromatic rings. The van der Waals surface area contributed by atoms with Crippen LogP contribution >= 0.6 is 0 Å². The molecule has 1 saturated heterocycles. The summed E-state index contributed by atoms with van der Waals surface area (Å²) in [5.74, 6) is 0.160. The van der Waals surface area contributed by atoms with Crippen LogP contribution in [0.2, 0.25) is 0 Å². The van der Waals surface area contributed by atoms with E-state index in [0.717, 1.165) is 5.69 Å². The number of rotatable bonds is 3. The number of hydrogen-bond acceptors (Lipinski definition) is 3. The fourth-order valence-corrected chi connectivity index (χ4v) is 2.93. The maximum atomic E-state index is 12.5. The lowest BCUT2D eigenvalue weighted by molar-refractivity contribution is 0.0859. The number of carbonyl (C=O) groups excluding carboxylic acids is 2. The highest BCUT2D eigenvalue weighted by atomic mass is 16.3. The Morgan fingerprint density at radius 3 is 2.21 bits per heavy atom. The van der Waals surface area contributed by atoms with Gasteiger partial charge >= 0.3 is 6.03 Å². The summed E-state index contributed by atoms with van der Waals surface area (Å²) in [6, 6.07) is 15.5. The number of Topliss-reactive ketones (excluding diaryl/α,β-unsaturated/α-hetero) is 1. The van der Waals surface area contributed by atoms with Gasteiger partial charge in [0.25, 0.3) is 0 Å². The van der Waals surface area contributed by atoms with Crippen molar-refractivity contribution < 1.29 is 14.7 Å². The molecule has 2 aromatic carbocycles. The molecule has 1 fully saturated rings. The first-order chi connectivity index (χ1) is 11.6. The summed E-state index contributed by atoms with van der Waals surface area (Å²) in [4.78, 5) is 26.5. The summed E-state index contributed by atoms with van der Waals surface area (Å²) in [5, 5.41) is 12.2. The number of amides is 2. The van der Waals surface area contributed by atoms with Crippen LogP contribution in [0.3, 0.4) is 0 Å². The number of ketones is 1. The molecule has 0 atom stereocenters. The van der Waals surface area contributed by atoms with Crippen molar-refractivity contribution in [3.8, 4) is 5.75 Å². The zero-order chi connectivity index (χ0) is 16.9. The van der Waals surface area contributed by atoms with E-state index in [9.17, 15) is 14.7 Å². The van der Waals surface area contributed by atoms with E-state index < -0.39 is 0 Å². The van der Waals surface area contributed by atoms with Crippen LogP contribution in [0.1, 0.15) is 23.2 Å². The molecule has 124 valence electrons. The Morgan fingerprint density at radius 1 is 0.958 bits per heavy atom. The highest BCUT2D eigenvalue weighted by Crippen LogP contribution is 2.23. The van der Waals surface area contributed by atoms with Crippen LogP contribution in [0.25, 0.3) is 0 Å². The predicted octanol–water partition coefficient (Wildman–Crippen LogP) is 3.52. The van der Waals surface area contributed by atoms with Crippen LogP contribution in [-0.2, 0) is 0 Å². The quantitative estimate of drug-likeness (QED) is 0.849. The van der Waals surface area contributed by atoms with Crippen molar-refractivity contribution in [1.82, 2.24) is 4.90 Å². The van der Waals surface area contributed by atoms with Gasteiger partial charge in [0, 0.05) is 30.3 Å². The van der Waals surface area contributed by atoms with Gasteiger partial charge in [-0.2, -0.15) is 0 Å². The molecule has 0 saturated carbocycles. The number of para-hydroxylation sites is 1. The predicted molar refractivity (Wildman–Crippen MR) is 92.2 cm³/mol. The van der Waals surface area contributed by atoms with Crippen LogP contribution in [0.4, 0.5) is 10.5 Å². The number of urea groups is 1. The molecule has 0 radical (unpaired) electrons. The average Bonchev–Trinajstić information content (AvgIpc) is 2.63. The van der Waals surface area contributed by atoms with Gasteiger partial charge in [0.2, 0.25) is 0 Å². The van der Waals surface area contributed by atoms with Gasteiger partial charge in [0.15, 0.2) is 5.78 Å². The number of carbonyl (C=O) groups is 2. The Kier molecular flexibility index (Phi) is 4.79. The fourth-order valence-electron chi connectivity index (χ4n) is 2.93. The molecule has 2 amide bonds. The van der Waals surface area contributed by atoms with Gasteiger partial charge in [-0.05, 0) is 49.2 Å². The first-order valence-electron chi connectivity index (χ1n) is 8.08. The molecule has 0 spiro atoms. The summed E-state index contributed by atoms with van der Waals surface area (Å²) in [5.41, 5.74) is 1.38. The summed E-state index contributed by atoms with van der Waals surface area (Å²) < 4.78 is 0. The SMILES string of the molecule is O=C(c1ccc(O)cc1)C1CCN(C(=O)Nc2ccccc2)CC1. The van der Waals surface area contributed by atoms with Crippen molar-refractivity contribution >= 4 is 17.5 Å². The zero-order valence-corrected chi connectivity index (χ0v) is 13.3. The normalized spacial score (nSPS) is 15.1. The number of anilines is 1. The van der Waals surface area contributed by atoms with Gasteiger partial charge in [-0.15, -0.1) is 0 Å². The average molecular weight is 324 g/mol. The first-order valence-corrected chi connectivity index (χ1v) is 8.08. The summed E-state index contributed by atoms with van der Waals surface area (Å²) >= 11 is 0. The lowest BCUT2D eigenvalue weighted by Gasteiger charge is -2.31. The topological polar surface area (TPSA) is 69.6 Å². The third-order valence-corrected chi connectivity index (χ3v) is 4.33. The molecule has 0 aliphatic carbocycles. The van der Waals surface area contributed by atoms with E-state index in [-0.39, 0.29) is 23.5 Å². The van der Waals surface area contributed by atoms with E-state index >= 15 is 0 Å². The maximum Gasteiger partial charge on any atom is 0.321 e. The minimum absolute atomic E-state index is 0.0738. The van der Waals surface area contributed by atoms with Gasteiger partial charge in [0.05, 0.1) is 0 Å². The van der Waals surface area contributed by atoms with Crippen LogP contribution < -0.4 is 5.32 Å². The largest absolute Gasteiger partial charge is 0.508 e. The molecule has 1 aliphatic heterocycles. The molecule has 1 heterocycles. The van der Waals surface area contributed by atoms with Gasteiger partial charge in [-0.1, -0.05) is 18.2 Å². The molecule has 0 aromatic heterocycles. The summed E-state index contributed by atoms with van der Waals surface area (Å²) in [6.45, 7) is 1.13. The van der Waals surface area contributed by atoms with E-state index in [2.05, 4.69) is 5.32 Å². The molecule has 5 nitrogen and oxygen atoms in total. The van der Waals surface area contributed by atoms with Crippen LogP contribution in [0.5, 0.6) is 5.75 Å². The molecular formula is C19H20N2O3.